The van der Waals surface area contributed by atoms with Crippen LogP contribution in [0.5, 0.6) is 0 Å². The molecule has 52 heavy (non-hydrogen) atoms. The van der Waals surface area contributed by atoms with Gasteiger partial charge in [-0.15, -0.1) is 0 Å². The van der Waals surface area contributed by atoms with Crippen LogP contribution in [0.4, 0.5) is 14.7 Å². The lowest BCUT2D eigenvalue weighted by Crippen LogP contribution is -2.48. The highest BCUT2D eigenvalue weighted by molar-refractivity contribution is 7.89. The number of amides is 1. The second-order valence-electron chi connectivity index (χ2n) is 11.8. The van der Waals surface area contributed by atoms with E-state index in [0.29, 0.717) is 6.42 Å². The number of aromatic nitrogens is 3. The maximum absolute atomic E-state index is 16.1. The van der Waals surface area contributed by atoms with Gasteiger partial charge in [0.25, 0.3) is 5.91 Å². The van der Waals surface area contributed by atoms with Crippen molar-refractivity contribution < 1.29 is 31.9 Å². The minimum atomic E-state index is -4.37. The normalized spacial score (nSPS) is 12.0. The highest BCUT2D eigenvalue weighted by atomic mass is 32.2. The summed E-state index contributed by atoms with van der Waals surface area (Å²) in [5.41, 5.74) is 0.347. The lowest BCUT2D eigenvalue weighted by Gasteiger charge is -2.18. The lowest BCUT2D eigenvalue weighted by molar-refractivity contribution is -0.138. The number of aryl methyl sites for hydroxylation is 2. The first-order chi connectivity index (χ1) is 25.0. The quantitative estimate of drug-likeness (QED) is 0.108. The number of benzene rings is 4. The molecule has 4 aromatic carbocycles. The summed E-state index contributed by atoms with van der Waals surface area (Å²) < 4.78 is 61.1. The summed E-state index contributed by atoms with van der Waals surface area (Å²) in [6.45, 7) is -0.980. The Kier molecular flexibility index (Phi) is 10.5. The van der Waals surface area contributed by atoms with Crippen molar-refractivity contribution in [1.82, 2.24) is 24.6 Å². The number of carboxylic acid groups (broad SMARTS) is 1. The molecule has 2 aromatic heterocycles. The number of H-pyrrole nitrogens is 1. The monoisotopic (exact) mass is 726 g/mol. The van der Waals surface area contributed by atoms with Crippen molar-refractivity contribution in [2.45, 2.75) is 30.4 Å². The number of carbonyl (C=O) groups excluding carboxylic acids is 1. The molecule has 0 radical (unpaired) electrons. The van der Waals surface area contributed by atoms with Gasteiger partial charge in [-0.1, -0.05) is 72.8 Å². The van der Waals surface area contributed by atoms with E-state index in [1.165, 1.54) is 29.1 Å². The summed E-state index contributed by atoms with van der Waals surface area (Å²) >= 11 is 0. The van der Waals surface area contributed by atoms with Gasteiger partial charge in [0.05, 0.1) is 15.8 Å². The van der Waals surface area contributed by atoms with Gasteiger partial charge in [-0.05, 0) is 41.3 Å². The van der Waals surface area contributed by atoms with Crippen LogP contribution < -0.4 is 20.8 Å². The first kappa shape index (κ1) is 35.6. The fourth-order valence-corrected chi connectivity index (χ4v) is 6.83. The second kappa shape index (κ2) is 15.4. The van der Waals surface area contributed by atoms with Crippen LogP contribution in [0.1, 0.15) is 21.5 Å². The molecule has 0 spiro atoms. The van der Waals surface area contributed by atoms with Crippen molar-refractivity contribution in [3.8, 4) is 11.1 Å². The summed E-state index contributed by atoms with van der Waals surface area (Å²) in [5.74, 6) is -4.44. The van der Waals surface area contributed by atoms with E-state index < -0.39 is 62.5 Å². The van der Waals surface area contributed by atoms with Gasteiger partial charge in [0.15, 0.2) is 11.8 Å². The number of halogens is 2. The highest BCUT2D eigenvalue weighted by Gasteiger charge is 2.28. The third-order valence-electron chi connectivity index (χ3n) is 8.34. The SMILES string of the molecule is O=C(NCC(NS(=O)(=O)c1ccc(-c2ccccc2)cc1)C(=O)O)c1cn(CCc2ccccc2)c2c(F)c(CNc3ncc[nH]3)c(F)cc2c1=O. The number of carbonyl (C=O) groups is 2. The fourth-order valence-electron chi connectivity index (χ4n) is 5.64. The average Bonchev–Trinajstić information content (AvgIpc) is 3.67. The number of aliphatic carboxylic acids is 1. The summed E-state index contributed by atoms with van der Waals surface area (Å²) in [7, 11) is -4.37. The van der Waals surface area contributed by atoms with Crippen LogP contribution >= 0.6 is 0 Å². The van der Waals surface area contributed by atoms with E-state index in [0.717, 1.165) is 29.0 Å². The van der Waals surface area contributed by atoms with E-state index in [2.05, 4.69) is 25.3 Å². The maximum atomic E-state index is 16.1. The van der Waals surface area contributed by atoms with Crippen LogP contribution in [-0.4, -0.2) is 52.5 Å². The summed E-state index contributed by atoms with van der Waals surface area (Å²) in [5, 5.41) is 14.5. The molecule has 0 aliphatic rings. The third kappa shape index (κ3) is 7.90. The Morgan fingerprint density at radius 2 is 1.62 bits per heavy atom. The average molecular weight is 727 g/mol. The van der Waals surface area contributed by atoms with Crippen LogP contribution in [-0.2, 0) is 34.3 Å². The summed E-state index contributed by atoms with van der Waals surface area (Å²) in [6, 6.07) is 23.2. The Morgan fingerprint density at radius 3 is 2.27 bits per heavy atom. The van der Waals surface area contributed by atoms with Gasteiger partial charge in [0.2, 0.25) is 15.5 Å². The molecule has 0 fully saturated rings. The molecule has 0 saturated heterocycles. The van der Waals surface area contributed by atoms with Crippen molar-refractivity contribution in [1.29, 1.82) is 0 Å². The molecule has 15 heteroatoms. The zero-order valence-electron chi connectivity index (χ0n) is 27.3. The molecular formula is C37H32F2N6O6S. The first-order valence-electron chi connectivity index (χ1n) is 16.0. The number of anilines is 1. The van der Waals surface area contributed by atoms with Gasteiger partial charge < -0.3 is 25.3 Å². The van der Waals surface area contributed by atoms with E-state index in [9.17, 15) is 27.9 Å². The summed E-state index contributed by atoms with van der Waals surface area (Å²) in [4.78, 5) is 45.7. The smallest absolute Gasteiger partial charge is 0.323 e. The Balaban J connectivity index is 1.26. The van der Waals surface area contributed by atoms with Crippen LogP contribution in [0.2, 0.25) is 0 Å². The van der Waals surface area contributed by atoms with Crippen molar-refractivity contribution in [3.63, 3.8) is 0 Å². The highest BCUT2D eigenvalue weighted by Crippen LogP contribution is 2.25. The predicted molar refractivity (Wildman–Crippen MR) is 190 cm³/mol. The van der Waals surface area contributed by atoms with Crippen LogP contribution in [0.15, 0.2) is 119 Å². The number of hydrogen-bond donors (Lipinski definition) is 5. The van der Waals surface area contributed by atoms with Crippen LogP contribution in [0.25, 0.3) is 22.0 Å². The molecule has 0 bridgehead atoms. The Hall–Kier alpha value is -6.19. The van der Waals surface area contributed by atoms with Gasteiger partial charge in [0, 0.05) is 43.8 Å². The number of nitrogens with zero attached hydrogens (tertiary/aromatic N) is 2. The fraction of sp³-hybridized carbons (Fsp3) is 0.135. The van der Waals surface area contributed by atoms with E-state index in [1.54, 1.807) is 12.1 Å². The van der Waals surface area contributed by atoms with E-state index in [4.69, 9.17) is 0 Å². The minimum absolute atomic E-state index is 0.0787. The molecule has 2 heterocycles. The zero-order valence-corrected chi connectivity index (χ0v) is 28.2. The molecule has 5 N–H and O–H groups in total. The molecule has 0 aliphatic heterocycles. The largest absolute Gasteiger partial charge is 0.480 e. The predicted octanol–water partition coefficient (Wildman–Crippen LogP) is 4.69. The van der Waals surface area contributed by atoms with E-state index in [1.807, 2.05) is 60.7 Å². The number of pyridine rings is 1. The number of carboxylic acids is 1. The molecule has 6 rings (SSSR count). The van der Waals surface area contributed by atoms with E-state index >= 15 is 8.78 Å². The number of nitrogens with one attached hydrogen (secondary N) is 4. The number of hydrogen-bond acceptors (Lipinski definition) is 7. The molecule has 1 unspecified atom stereocenters. The second-order valence-corrected chi connectivity index (χ2v) is 13.5. The molecular weight excluding hydrogens is 695 g/mol. The number of sulfonamides is 1. The lowest BCUT2D eigenvalue weighted by atomic mass is 10.0. The number of imidazole rings is 1. The minimum Gasteiger partial charge on any atom is -0.480 e. The summed E-state index contributed by atoms with van der Waals surface area (Å²) in [6.07, 6.45) is 4.47. The van der Waals surface area contributed by atoms with Gasteiger partial charge in [-0.2, -0.15) is 4.72 Å². The molecule has 6 aromatic rings. The van der Waals surface area contributed by atoms with Gasteiger partial charge in [-0.25, -0.2) is 22.2 Å². The number of fused-ring (bicyclic) bond motifs is 1. The molecule has 266 valence electrons. The molecule has 0 saturated carbocycles. The molecule has 0 aliphatic carbocycles. The molecule has 12 nitrogen and oxygen atoms in total. The Bertz CT molecular complexity index is 2390. The van der Waals surface area contributed by atoms with Crippen LogP contribution in [0, 0.1) is 11.6 Å². The van der Waals surface area contributed by atoms with Crippen molar-refractivity contribution in [2.24, 2.45) is 0 Å². The van der Waals surface area contributed by atoms with Crippen molar-refractivity contribution in [3.05, 3.63) is 148 Å². The maximum Gasteiger partial charge on any atom is 0.323 e. The molecule has 1 atom stereocenters. The third-order valence-corrected chi connectivity index (χ3v) is 9.83. The number of rotatable bonds is 14. The van der Waals surface area contributed by atoms with E-state index in [-0.39, 0.29) is 35.0 Å². The first-order valence-corrected chi connectivity index (χ1v) is 17.5. The Morgan fingerprint density at radius 1 is 0.942 bits per heavy atom. The topological polar surface area (TPSA) is 175 Å². The standard InChI is InChI=1S/C37H32F2N6O6S/c38-30-19-27-33(32(39)28(30)20-43-37-40-16-17-41-37)45(18-15-23-7-3-1-4-8-23)22-29(34(27)46)35(47)42-21-31(36(48)49)44-52(50,51)26-13-11-25(12-14-26)24-9-5-2-6-10-24/h1-14,16-17,19,22,31,44H,15,18,20-21H2,(H,42,47)(H,48,49)(H2,40,41,43). The zero-order chi connectivity index (χ0) is 36.8. The van der Waals surface area contributed by atoms with Gasteiger partial charge in [-0.3, -0.25) is 14.4 Å². The van der Waals surface area contributed by atoms with Crippen molar-refractivity contribution >= 4 is 38.8 Å². The van der Waals surface area contributed by atoms with Crippen LogP contribution in [0.3, 0.4) is 0 Å². The van der Waals surface area contributed by atoms with Gasteiger partial charge in [0.1, 0.15) is 17.4 Å². The molecule has 1 amide bonds. The van der Waals surface area contributed by atoms with Crippen molar-refractivity contribution in [2.75, 3.05) is 11.9 Å². The van der Waals surface area contributed by atoms with Gasteiger partial charge >= 0.3 is 5.97 Å². The Labute approximate surface area is 296 Å². The number of aromatic amines is 1.